The number of carbonyl (C=O) groups excluding carboxylic acids is 1. The topological polar surface area (TPSA) is 29.5 Å². The first-order chi connectivity index (χ1) is 8.31. The van der Waals surface area contributed by atoms with E-state index in [2.05, 4.69) is 11.8 Å². The minimum absolute atomic E-state index is 0.0744. The Morgan fingerprint density at radius 2 is 2.06 bits per heavy atom. The lowest BCUT2D eigenvalue weighted by Crippen LogP contribution is -2.34. The van der Waals surface area contributed by atoms with E-state index < -0.39 is 0 Å². The van der Waals surface area contributed by atoms with Crippen LogP contribution in [0.25, 0.3) is 0 Å². The van der Waals surface area contributed by atoms with Crippen molar-refractivity contribution in [1.29, 1.82) is 0 Å². The molecule has 0 bridgehead atoms. The molecule has 3 nitrogen and oxygen atoms in total. The summed E-state index contributed by atoms with van der Waals surface area (Å²) in [5.41, 5.74) is 0.911. The number of para-hydroxylation sites is 1. The summed E-state index contributed by atoms with van der Waals surface area (Å²) in [5, 5.41) is 0. The fourth-order valence-corrected chi connectivity index (χ4v) is 2.21. The van der Waals surface area contributed by atoms with Crippen LogP contribution in [-0.4, -0.2) is 30.5 Å². The van der Waals surface area contributed by atoms with Crippen molar-refractivity contribution in [3.63, 3.8) is 0 Å². The van der Waals surface area contributed by atoms with E-state index in [4.69, 9.17) is 4.74 Å². The van der Waals surface area contributed by atoms with E-state index in [1.54, 1.807) is 0 Å². The Bertz CT molecular complexity index is 372. The predicted molar refractivity (Wildman–Crippen MR) is 66.7 cm³/mol. The molecule has 0 saturated carbocycles. The van der Waals surface area contributed by atoms with Crippen LogP contribution in [0.2, 0.25) is 0 Å². The maximum Gasteiger partial charge on any atom is 0.203 e. The minimum atomic E-state index is 0.0744. The highest BCUT2D eigenvalue weighted by molar-refractivity contribution is 5.58. The lowest BCUT2D eigenvalue weighted by atomic mass is 10.1. The number of likely N-dealkylation sites (tertiary alicyclic amines) is 1. The van der Waals surface area contributed by atoms with Crippen LogP contribution in [0.4, 0.5) is 0 Å². The van der Waals surface area contributed by atoms with Crippen LogP contribution in [-0.2, 0) is 11.2 Å². The van der Waals surface area contributed by atoms with Gasteiger partial charge in [0, 0.05) is 25.1 Å². The highest BCUT2D eigenvalue weighted by Gasteiger charge is 2.19. The van der Waals surface area contributed by atoms with Gasteiger partial charge in [0.1, 0.15) is 12.0 Å². The van der Waals surface area contributed by atoms with Gasteiger partial charge in [-0.3, -0.25) is 9.69 Å². The minimum Gasteiger partial charge on any atom is -0.475 e. The molecule has 91 valence electrons. The molecule has 0 aromatic heterocycles. The van der Waals surface area contributed by atoms with E-state index in [0.717, 1.165) is 24.4 Å². The van der Waals surface area contributed by atoms with Crippen molar-refractivity contribution in [2.24, 2.45) is 0 Å². The molecule has 2 rings (SSSR count). The third-order valence-electron chi connectivity index (χ3n) is 3.19. The smallest absolute Gasteiger partial charge is 0.203 e. The third kappa shape index (κ3) is 3.07. The standard InChI is InChI=1S/C14H18NO2/c1-12(15-9-4-5-10-15)17-14-7-3-2-6-13(14)8-11-16/h2-3,6-7,12H,4-5,8-10H2,1H3. The van der Waals surface area contributed by atoms with Crippen molar-refractivity contribution < 1.29 is 9.53 Å². The molecule has 1 aliphatic rings. The van der Waals surface area contributed by atoms with Gasteiger partial charge in [0.05, 0.1) is 0 Å². The normalized spacial score (nSPS) is 17.9. The summed E-state index contributed by atoms with van der Waals surface area (Å²) in [6.45, 7) is 4.26. The average Bonchev–Trinajstić information content (AvgIpc) is 2.85. The Morgan fingerprint density at radius 3 is 2.76 bits per heavy atom. The van der Waals surface area contributed by atoms with Crippen molar-refractivity contribution in [2.75, 3.05) is 13.1 Å². The van der Waals surface area contributed by atoms with Crippen molar-refractivity contribution in [2.45, 2.75) is 32.4 Å². The quantitative estimate of drug-likeness (QED) is 0.779. The van der Waals surface area contributed by atoms with Crippen LogP contribution >= 0.6 is 0 Å². The van der Waals surface area contributed by atoms with Gasteiger partial charge in [-0.25, -0.2) is 0 Å². The second-order valence-electron chi connectivity index (χ2n) is 4.39. The fourth-order valence-electron chi connectivity index (χ4n) is 2.21. The Balaban J connectivity index is 2.03. The molecule has 1 radical (unpaired) electrons. The molecule has 1 heterocycles. The van der Waals surface area contributed by atoms with E-state index in [-0.39, 0.29) is 6.23 Å². The van der Waals surface area contributed by atoms with E-state index in [1.807, 2.05) is 30.6 Å². The van der Waals surface area contributed by atoms with Gasteiger partial charge in [-0.05, 0) is 25.8 Å². The molecule has 17 heavy (non-hydrogen) atoms. The number of hydrogen-bond donors (Lipinski definition) is 0. The zero-order chi connectivity index (χ0) is 12.1. The van der Waals surface area contributed by atoms with Gasteiger partial charge in [0.2, 0.25) is 6.29 Å². The summed E-state index contributed by atoms with van der Waals surface area (Å²) in [6, 6.07) is 7.68. The molecule has 0 spiro atoms. The summed E-state index contributed by atoms with van der Waals surface area (Å²) in [7, 11) is 0. The van der Waals surface area contributed by atoms with Gasteiger partial charge >= 0.3 is 0 Å². The molecule has 0 amide bonds. The van der Waals surface area contributed by atoms with Gasteiger partial charge in [-0.1, -0.05) is 18.2 Å². The van der Waals surface area contributed by atoms with Crippen LogP contribution in [0.5, 0.6) is 5.75 Å². The molecule has 1 fully saturated rings. The van der Waals surface area contributed by atoms with Crippen molar-refractivity contribution in [1.82, 2.24) is 4.90 Å². The lowest BCUT2D eigenvalue weighted by Gasteiger charge is -2.25. The molecule has 1 saturated heterocycles. The largest absolute Gasteiger partial charge is 0.475 e. The molecular formula is C14H18NO2. The van der Waals surface area contributed by atoms with Crippen molar-refractivity contribution >= 4 is 6.29 Å². The zero-order valence-electron chi connectivity index (χ0n) is 10.2. The number of benzene rings is 1. The second-order valence-corrected chi connectivity index (χ2v) is 4.39. The van der Waals surface area contributed by atoms with Gasteiger partial charge in [0.25, 0.3) is 0 Å². The van der Waals surface area contributed by atoms with Crippen LogP contribution < -0.4 is 4.74 Å². The highest BCUT2D eigenvalue weighted by Crippen LogP contribution is 2.21. The second kappa shape index (κ2) is 5.82. The Labute approximate surface area is 102 Å². The van der Waals surface area contributed by atoms with Crippen LogP contribution in [0.3, 0.4) is 0 Å². The Hall–Kier alpha value is -1.35. The van der Waals surface area contributed by atoms with E-state index in [9.17, 15) is 4.79 Å². The molecular weight excluding hydrogens is 214 g/mol. The van der Waals surface area contributed by atoms with Crippen molar-refractivity contribution in [3.8, 4) is 5.75 Å². The summed E-state index contributed by atoms with van der Waals surface area (Å²) in [4.78, 5) is 12.8. The molecule has 0 aliphatic carbocycles. The lowest BCUT2D eigenvalue weighted by molar-refractivity contribution is 0.0585. The maximum absolute atomic E-state index is 10.5. The van der Waals surface area contributed by atoms with Gasteiger partial charge in [0.15, 0.2) is 0 Å². The number of nitrogens with zero attached hydrogens (tertiary/aromatic N) is 1. The van der Waals surface area contributed by atoms with Crippen LogP contribution in [0, 0.1) is 0 Å². The van der Waals surface area contributed by atoms with E-state index in [1.165, 1.54) is 12.8 Å². The van der Waals surface area contributed by atoms with E-state index >= 15 is 0 Å². The summed E-state index contributed by atoms with van der Waals surface area (Å²) >= 11 is 0. The summed E-state index contributed by atoms with van der Waals surface area (Å²) < 4.78 is 5.93. The number of rotatable bonds is 5. The first-order valence-corrected chi connectivity index (χ1v) is 6.15. The fraction of sp³-hybridized carbons (Fsp3) is 0.500. The Kier molecular flexibility index (Phi) is 4.15. The molecule has 0 N–H and O–H groups in total. The highest BCUT2D eigenvalue weighted by atomic mass is 16.5. The molecule has 3 heteroatoms. The average molecular weight is 232 g/mol. The van der Waals surface area contributed by atoms with Gasteiger partial charge in [-0.2, -0.15) is 0 Å². The molecule has 1 aliphatic heterocycles. The molecule has 1 atom stereocenters. The maximum atomic E-state index is 10.5. The molecule has 1 aromatic rings. The summed E-state index contributed by atoms with van der Waals surface area (Å²) in [5.74, 6) is 0.801. The third-order valence-corrected chi connectivity index (χ3v) is 3.19. The van der Waals surface area contributed by atoms with Crippen LogP contribution in [0.15, 0.2) is 24.3 Å². The van der Waals surface area contributed by atoms with Gasteiger partial charge < -0.3 is 4.74 Å². The Morgan fingerprint density at radius 1 is 1.35 bits per heavy atom. The van der Waals surface area contributed by atoms with Crippen LogP contribution in [0.1, 0.15) is 25.3 Å². The molecule has 1 aromatic carbocycles. The van der Waals surface area contributed by atoms with Gasteiger partial charge in [-0.15, -0.1) is 0 Å². The zero-order valence-corrected chi connectivity index (χ0v) is 10.2. The summed E-state index contributed by atoms with van der Waals surface area (Å²) in [6.07, 6.45) is 4.79. The van der Waals surface area contributed by atoms with E-state index in [0.29, 0.717) is 6.42 Å². The molecule has 1 unspecified atom stereocenters. The monoisotopic (exact) mass is 232 g/mol. The first kappa shape index (κ1) is 12.1. The number of ether oxygens (including phenoxy) is 1. The van der Waals surface area contributed by atoms with Crippen molar-refractivity contribution in [3.05, 3.63) is 29.8 Å². The predicted octanol–water partition coefficient (Wildman–Crippen LogP) is 2.16. The first-order valence-electron chi connectivity index (χ1n) is 6.15. The number of hydrogen-bond acceptors (Lipinski definition) is 3. The SMILES string of the molecule is CC(Oc1ccccc1C[C]=O)N1CCCC1.